The lowest BCUT2D eigenvalue weighted by atomic mass is 9.38. The van der Waals surface area contributed by atoms with Crippen LogP contribution in [0.5, 0.6) is 0 Å². The van der Waals surface area contributed by atoms with Crippen LogP contribution < -0.4 is 5.32 Å². The van der Waals surface area contributed by atoms with Crippen molar-refractivity contribution in [2.75, 3.05) is 13.2 Å². The van der Waals surface area contributed by atoms with Crippen molar-refractivity contribution in [1.82, 2.24) is 5.32 Å². The third kappa shape index (κ3) is 4.94. The van der Waals surface area contributed by atoms with Crippen LogP contribution in [-0.2, 0) is 23.8 Å². The summed E-state index contributed by atoms with van der Waals surface area (Å²) in [5.74, 6) is 0.557. The molecule has 2 bridgehead atoms. The molecule has 0 atom stereocenters. The highest BCUT2D eigenvalue weighted by Crippen LogP contribution is 2.69. The van der Waals surface area contributed by atoms with Gasteiger partial charge in [-0.15, -0.1) is 13.2 Å². The predicted molar refractivity (Wildman–Crippen MR) is 94.8 cm³/mol. The lowest BCUT2D eigenvalue weighted by Gasteiger charge is -2.70. The van der Waals surface area contributed by atoms with Crippen molar-refractivity contribution in [2.45, 2.75) is 88.5 Å². The molecule has 0 radical (unpaired) electrons. The normalized spacial score (nSPS) is 40.1. The third-order valence-electron chi connectivity index (χ3n) is 6.73. The first-order valence-corrected chi connectivity index (χ1v) is 10.3. The quantitative estimate of drug-likeness (QED) is 0.590. The Hall–Kier alpha value is -1.19. The molecule has 5 fully saturated rings. The summed E-state index contributed by atoms with van der Waals surface area (Å²) in [6.45, 7) is 2.19. The molecule has 5 saturated carbocycles. The van der Waals surface area contributed by atoms with E-state index >= 15 is 0 Å². The molecule has 0 saturated heterocycles. The van der Waals surface area contributed by atoms with E-state index in [-0.39, 0.29) is 60.9 Å². The highest BCUT2D eigenvalue weighted by Gasteiger charge is 2.68. The number of nitrogens with one attached hydrogen (secondary N) is 1. The monoisotopic (exact) mass is 419 g/mol. The molecule has 0 aliphatic heterocycles. The van der Waals surface area contributed by atoms with E-state index in [0.29, 0.717) is 12.3 Å². The minimum absolute atomic E-state index is 0.0350. The van der Waals surface area contributed by atoms with Crippen molar-refractivity contribution in [3.05, 3.63) is 0 Å². The fraction of sp³-hybridized carbons (Fsp3) is 0.900. The van der Waals surface area contributed by atoms with Gasteiger partial charge in [0, 0.05) is 24.8 Å². The van der Waals surface area contributed by atoms with Crippen LogP contribution in [0.3, 0.4) is 0 Å². The van der Waals surface area contributed by atoms with Crippen molar-refractivity contribution < 1.29 is 37.0 Å². The lowest BCUT2D eigenvalue weighted by Crippen LogP contribution is -2.75. The standard InChI is InChI=1S/C20H28F3NO5/c1-12-2-14(3-12)28-8-17(26)24-19-9-18(10-19,11-19)6-13(25)7-27-15-4-16(5-15)29-20(21,22)23/h12,14-16H,2-11H2,1H3,(H,24,26). The Morgan fingerprint density at radius 3 is 2.14 bits per heavy atom. The number of Topliss-reactive ketones (excluding diaryl/α,β-unsaturated/α-hetero) is 1. The van der Waals surface area contributed by atoms with Crippen LogP contribution >= 0.6 is 0 Å². The Morgan fingerprint density at radius 1 is 0.966 bits per heavy atom. The van der Waals surface area contributed by atoms with E-state index in [1.165, 1.54) is 0 Å². The molecule has 5 aliphatic carbocycles. The fourth-order valence-corrected chi connectivity index (χ4v) is 5.43. The molecule has 1 amide bonds. The van der Waals surface area contributed by atoms with Gasteiger partial charge in [-0.1, -0.05) is 6.92 Å². The highest BCUT2D eigenvalue weighted by molar-refractivity contribution is 5.82. The van der Waals surface area contributed by atoms with Crippen LogP contribution in [0.25, 0.3) is 0 Å². The van der Waals surface area contributed by atoms with Gasteiger partial charge in [0.15, 0.2) is 5.78 Å². The van der Waals surface area contributed by atoms with Crippen LogP contribution in [0, 0.1) is 11.3 Å². The Labute approximate surface area is 167 Å². The van der Waals surface area contributed by atoms with E-state index in [1.54, 1.807) is 0 Å². The molecular formula is C20H28F3NO5. The molecule has 164 valence electrons. The van der Waals surface area contributed by atoms with Gasteiger partial charge >= 0.3 is 6.36 Å². The molecule has 0 aromatic carbocycles. The third-order valence-corrected chi connectivity index (χ3v) is 6.73. The molecule has 29 heavy (non-hydrogen) atoms. The van der Waals surface area contributed by atoms with Crippen LogP contribution in [-0.4, -0.2) is 55.1 Å². The average Bonchev–Trinajstić information content (AvgIpc) is 2.48. The predicted octanol–water partition coefficient (Wildman–Crippen LogP) is 2.88. The van der Waals surface area contributed by atoms with Crippen molar-refractivity contribution >= 4 is 11.7 Å². The SMILES string of the molecule is CC1CC(OCC(=O)NC23CC(CC(=O)COC4CC(OC(F)(F)F)C4)(C2)C3)C1. The Morgan fingerprint density at radius 2 is 1.55 bits per heavy atom. The summed E-state index contributed by atoms with van der Waals surface area (Å²) < 4.78 is 51.1. The highest BCUT2D eigenvalue weighted by atomic mass is 19.4. The first-order chi connectivity index (χ1) is 13.5. The summed E-state index contributed by atoms with van der Waals surface area (Å²) in [4.78, 5) is 24.2. The summed E-state index contributed by atoms with van der Waals surface area (Å²) in [5.41, 5.74) is -0.218. The molecule has 0 unspecified atom stereocenters. The van der Waals surface area contributed by atoms with Gasteiger partial charge in [0.2, 0.25) is 5.91 Å². The van der Waals surface area contributed by atoms with Crippen LogP contribution in [0.2, 0.25) is 0 Å². The van der Waals surface area contributed by atoms with Gasteiger partial charge in [-0.05, 0) is 43.4 Å². The van der Waals surface area contributed by atoms with Gasteiger partial charge in [0.25, 0.3) is 0 Å². The maximum Gasteiger partial charge on any atom is 0.522 e. The smallest absolute Gasteiger partial charge is 0.370 e. The summed E-state index contributed by atoms with van der Waals surface area (Å²) in [5, 5.41) is 3.05. The number of hydrogen-bond donors (Lipinski definition) is 1. The average molecular weight is 419 g/mol. The number of carbonyl (C=O) groups excluding carboxylic acids is 2. The minimum atomic E-state index is -4.62. The number of halogens is 3. The second-order valence-corrected chi connectivity index (χ2v) is 9.67. The fourth-order valence-electron chi connectivity index (χ4n) is 5.43. The number of amides is 1. The number of rotatable bonds is 10. The van der Waals surface area contributed by atoms with Gasteiger partial charge in [0.1, 0.15) is 13.2 Å². The molecule has 6 nitrogen and oxygen atoms in total. The van der Waals surface area contributed by atoms with Gasteiger partial charge in [0.05, 0.1) is 18.3 Å². The van der Waals surface area contributed by atoms with Gasteiger partial charge in [-0.3, -0.25) is 14.3 Å². The zero-order valence-electron chi connectivity index (χ0n) is 16.6. The molecular weight excluding hydrogens is 391 g/mol. The summed E-state index contributed by atoms with van der Waals surface area (Å²) in [7, 11) is 0. The van der Waals surface area contributed by atoms with E-state index in [4.69, 9.17) is 9.47 Å². The van der Waals surface area contributed by atoms with Crippen LogP contribution in [0.4, 0.5) is 13.2 Å². The van der Waals surface area contributed by atoms with E-state index in [0.717, 1.165) is 32.1 Å². The van der Waals surface area contributed by atoms with E-state index in [1.807, 2.05) is 0 Å². The molecule has 5 rings (SSSR count). The van der Waals surface area contributed by atoms with Crippen LogP contribution in [0.1, 0.15) is 58.3 Å². The Kier molecular flexibility index (Phi) is 5.44. The van der Waals surface area contributed by atoms with E-state index < -0.39 is 12.5 Å². The Bertz CT molecular complexity index is 635. The number of ether oxygens (including phenoxy) is 3. The number of ketones is 1. The van der Waals surface area contributed by atoms with Gasteiger partial charge < -0.3 is 14.8 Å². The summed E-state index contributed by atoms with van der Waals surface area (Å²) in [6.07, 6.45) is -0.488. The maximum atomic E-state index is 12.2. The molecule has 9 heteroatoms. The molecule has 5 aliphatic rings. The van der Waals surface area contributed by atoms with E-state index in [2.05, 4.69) is 17.0 Å². The molecule has 1 N–H and O–H groups in total. The second-order valence-electron chi connectivity index (χ2n) is 9.67. The van der Waals surface area contributed by atoms with Crippen molar-refractivity contribution in [3.63, 3.8) is 0 Å². The zero-order valence-corrected chi connectivity index (χ0v) is 16.6. The largest absolute Gasteiger partial charge is 0.522 e. The molecule has 0 spiro atoms. The summed E-state index contributed by atoms with van der Waals surface area (Å²) >= 11 is 0. The summed E-state index contributed by atoms with van der Waals surface area (Å²) in [6, 6.07) is 0. The number of hydrogen-bond acceptors (Lipinski definition) is 5. The molecule has 0 heterocycles. The molecule has 0 aromatic heterocycles. The van der Waals surface area contributed by atoms with Crippen molar-refractivity contribution in [3.8, 4) is 0 Å². The van der Waals surface area contributed by atoms with E-state index in [9.17, 15) is 22.8 Å². The zero-order chi connectivity index (χ0) is 20.9. The lowest BCUT2D eigenvalue weighted by molar-refractivity contribution is -0.357. The van der Waals surface area contributed by atoms with Gasteiger partial charge in [-0.2, -0.15) is 0 Å². The van der Waals surface area contributed by atoms with Crippen molar-refractivity contribution in [1.29, 1.82) is 0 Å². The number of alkyl halides is 3. The Balaban J connectivity index is 1.06. The topological polar surface area (TPSA) is 73.9 Å². The van der Waals surface area contributed by atoms with Crippen molar-refractivity contribution in [2.24, 2.45) is 11.3 Å². The number of carbonyl (C=O) groups is 2. The minimum Gasteiger partial charge on any atom is -0.370 e. The molecule has 0 aromatic rings. The van der Waals surface area contributed by atoms with Gasteiger partial charge in [-0.25, -0.2) is 0 Å². The first-order valence-electron chi connectivity index (χ1n) is 10.3. The first kappa shape index (κ1) is 21.1. The maximum absolute atomic E-state index is 12.2. The second kappa shape index (κ2) is 7.50. The van der Waals surface area contributed by atoms with Crippen LogP contribution in [0.15, 0.2) is 0 Å².